The summed E-state index contributed by atoms with van der Waals surface area (Å²) in [6, 6.07) is 10.1. The Morgan fingerprint density at radius 2 is 2.00 bits per heavy atom. The highest BCUT2D eigenvalue weighted by Gasteiger charge is 2.27. The van der Waals surface area contributed by atoms with E-state index in [2.05, 4.69) is 34.3 Å². The zero-order chi connectivity index (χ0) is 15.5. The van der Waals surface area contributed by atoms with Gasteiger partial charge in [0.15, 0.2) is 0 Å². The molecule has 1 saturated carbocycles. The Morgan fingerprint density at radius 1 is 1.27 bits per heavy atom. The zero-order valence-electron chi connectivity index (χ0n) is 12.8. The Bertz CT molecular complexity index is 641. The molecule has 1 aromatic heterocycles. The number of nitrogens with one attached hydrogen (secondary N) is 1. The van der Waals surface area contributed by atoms with Gasteiger partial charge in [-0.2, -0.15) is 0 Å². The molecule has 1 unspecified atom stereocenters. The standard InChI is InChI=1S/C17H20ClN3O/c1-3-14(11-6-8-13(22-2)9-7-11)19-16-10-15(18)20-17(21-16)12-4-5-12/h6-10,12,14H,3-5H2,1-2H3,(H,19,20,21). The van der Waals surface area contributed by atoms with Gasteiger partial charge in [0.05, 0.1) is 13.2 Å². The molecule has 1 fully saturated rings. The lowest BCUT2D eigenvalue weighted by atomic mass is 10.0. The van der Waals surface area contributed by atoms with Gasteiger partial charge in [0.2, 0.25) is 0 Å². The van der Waals surface area contributed by atoms with Crippen molar-refractivity contribution < 1.29 is 4.74 Å². The van der Waals surface area contributed by atoms with Crippen LogP contribution in [0, 0.1) is 0 Å². The highest BCUT2D eigenvalue weighted by atomic mass is 35.5. The number of anilines is 1. The maximum Gasteiger partial charge on any atom is 0.135 e. The van der Waals surface area contributed by atoms with Crippen LogP contribution in [0.2, 0.25) is 5.15 Å². The van der Waals surface area contributed by atoms with Crippen molar-refractivity contribution in [2.24, 2.45) is 0 Å². The molecule has 1 aromatic carbocycles. The molecule has 4 nitrogen and oxygen atoms in total. The summed E-state index contributed by atoms with van der Waals surface area (Å²) in [4.78, 5) is 8.93. The summed E-state index contributed by atoms with van der Waals surface area (Å²) in [5.41, 5.74) is 1.20. The first-order valence-electron chi connectivity index (χ1n) is 7.64. The number of hydrogen-bond donors (Lipinski definition) is 1. The molecular weight excluding hydrogens is 298 g/mol. The van der Waals surface area contributed by atoms with E-state index in [9.17, 15) is 0 Å². The third-order valence-electron chi connectivity index (χ3n) is 3.90. The Balaban J connectivity index is 1.79. The second-order valence-electron chi connectivity index (χ2n) is 5.59. The van der Waals surface area contributed by atoms with Gasteiger partial charge in [-0.15, -0.1) is 0 Å². The number of benzene rings is 1. The summed E-state index contributed by atoms with van der Waals surface area (Å²) in [7, 11) is 1.67. The Hall–Kier alpha value is -1.81. The molecule has 1 atom stereocenters. The van der Waals surface area contributed by atoms with E-state index in [-0.39, 0.29) is 6.04 Å². The molecule has 2 aromatic rings. The van der Waals surface area contributed by atoms with E-state index in [1.54, 1.807) is 13.2 Å². The van der Waals surface area contributed by atoms with Crippen molar-refractivity contribution in [3.05, 3.63) is 46.9 Å². The highest BCUT2D eigenvalue weighted by molar-refractivity contribution is 6.29. The minimum Gasteiger partial charge on any atom is -0.497 e. The second-order valence-corrected chi connectivity index (χ2v) is 5.97. The lowest BCUT2D eigenvalue weighted by Crippen LogP contribution is -2.12. The van der Waals surface area contributed by atoms with Crippen LogP contribution in [0.15, 0.2) is 30.3 Å². The summed E-state index contributed by atoms with van der Waals surface area (Å²) < 4.78 is 5.21. The van der Waals surface area contributed by atoms with E-state index in [1.165, 1.54) is 5.56 Å². The van der Waals surface area contributed by atoms with Gasteiger partial charge in [-0.05, 0) is 37.0 Å². The van der Waals surface area contributed by atoms with Crippen molar-refractivity contribution in [3.8, 4) is 5.75 Å². The SMILES string of the molecule is CCC(Nc1cc(Cl)nc(C2CC2)n1)c1ccc(OC)cc1. The van der Waals surface area contributed by atoms with Crippen LogP contribution in [0.5, 0.6) is 5.75 Å². The van der Waals surface area contributed by atoms with Gasteiger partial charge in [-0.1, -0.05) is 30.7 Å². The molecule has 3 rings (SSSR count). The predicted octanol–water partition coefficient (Wildman–Crippen LogP) is 4.58. The fraction of sp³-hybridized carbons (Fsp3) is 0.412. The van der Waals surface area contributed by atoms with Crippen LogP contribution in [-0.4, -0.2) is 17.1 Å². The fourth-order valence-corrected chi connectivity index (χ4v) is 2.66. The van der Waals surface area contributed by atoms with Crippen molar-refractivity contribution in [2.45, 2.75) is 38.1 Å². The van der Waals surface area contributed by atoms with Crippen LogP contribution in [0.1, 0.15) is 49.5 Å². The minimum absolute atomic E-state index is 0.184. The van der Waals surface area contributed by atoms with Crippen LogP contribution in [-0.2, 0) is 0 Å². The normalized spacial score (nSPS) is 15.4. The number of aromatic nitrogens is 2. The first kappa shape index (κ1) is 15.1. The summed E-state index contributed by atoms with van der Waals surface area (Å²) in [6.07, 6.45) is 3.28. The van der Waals surface area contributed by atoms with E-state index >= 15 is 0 Å². The monoisotopic (exact) mass is 317 g/mol. The molecule has 1 aliphatic rings. The van der Waals surface area contributed by atoms with Crippen molar-refractivity contribution >= 4 is 17.4 Å². The number of nitrogens with zero attached hydrogens (tertiary/aromatic N) is 2. The molecule has 1 aliphatic carbocycles. The van der Waals surface area contributed by atoms with Crippen LogP contribution in [0.3, 0.4) is 0 Å². The van der Waals surface area contributed by atoms with Crippen molar-refractivity contribution in [2.75, 3.05) is 12.4 Å². The number of rotatable bonds is 6. The van der Waals surface area contributed by atoms with Gasteiger partial charge in [-0.25, -0.2) is 9.97 Å². The zero-order valence-corrected chi connectivity index (χ0v) is 13.6. The Morgan fingerprint density at radius 3 is 2.59 bits per heavy atom. The predicted molar refractivity (Wildman–Crippen MR) is 88.7 cm³/mol. The molecule has 116 valence electrons. The molecule has 0 aliphatic heterocycles. The largest absolute Gasteiger partial charge is 0.497 e. The molecular formula is C17H20ClN3O. The number of methoxy groups -OCH3 is 1. The molecule has 0 bridgehead atoms. The molecule has 0 spiro atoms. The maximum absolute atomic E-state index is 6.13. The topological polar surface area (TPSA) is 47.0 Å². The van der Waals surface area contributed by atoms with Crippen molar-refractivity contribution in [1.82, 2.24) is 9.97 Å². The summed E-state index contributed by atoms with van der Waals surface area (Å²) >= 11 is 6.13. The maximum atomic E-state index is 6.13. The second kappa shape index (κ2) is 6.53. The average molecular weight is 318 g/mol. The number of halogens is 1. The van der Waals surface area contributed by atoms with Crippen LogP contribution < -0.4 is 10.1 Å². The third kappa shape index (κ3) is 3.50. The van der Waals surface area contributed by atoms with Gasteiger partial charge in [0.1, 0.15) is 22.5 Å². The van der Waals surface area contributed by atoms with E-state index in [1.807, 2.05) is 12.1 Å². The molecule has 22 heavy (non-hydrogen) atoms. The summed E-state index contributed by atoms with van der Waals surface area (Å²) in [5, 5.41) is 3.97. The molecule has 0 saturated heterocycles. The number of hydrogen-bond acceptors (Lipinski definition) is 4. The molecule has 1 N–H and O–H groups in total. The van der Waals surface area contributed by atoms with Crippen molar-refractivity contribution in [1.29, 1.82) is 0 Å². The van der Waals surface area contributed by atoms with E-state index in [4.69, 9.17) is 16.3 Å². The summed E-state index contributed by atoms with van der Waals surface area (Å²) in [5.74, 6) is 3.00. The lowest BCUT2D eigenvalue weighted by molar-refractivity contribution is 0.414. The first-order valence-corrected chi connectivity index (χ1v) is 8.02. The molecule has 0 amide bonds. The third-order valence-corrected chi connectivity index (χ3v) is 4.10. The fourth-order valence-electron chi connectivity index (χ4n) is 2.47. The van der Waals surface area contributed by atoms with Gasteiger partial charge in [-0.3, -0.25) is 0 Å². The van der Waals surface area contributed by atoms with Crippen molar-refractivity contribution in [3.63, 3.8) is 0 Å². The van der Waals surface area contributed by atoms with Gasteiger partial charge in [0.25, 0.3) is 0 Å². The van der Waals surface area contributed by atoms with Crippen LogP contribution in [0.4, 0.5) is 5.82 Å². The van der Waals surface area contributed by atoms with E-state index in [0.29, 0.717) is 11.1 Å². The summed E-state index contributed by atoms with van der Waals surface area (Å²) in [6.45, 7) is 2.15. The van der Waals surface area contributed by atoms with Crippen LogP contribution in [0.25, 0.3) is 0 Å². The molecule has 1 heterocycles. The van der Waals surface area contributed by atoms with E-state index < -0.39 is 0 Å². The minimum atomic E-state index is 0.184. The van der Waals surface area contributed by atoms with Gasteiger partial charge >= 0.3 is 0 Å². The highest BCUT2D eigenvalue weighted by Crippen LogP contribution is 2.39. The lowest BCUT2D eigenvalue weighted by Gasteiger charge is -2.19. The van der Waals surface area contributed by atoms with E-state index in [0.717, 1.165) is 36.7 Å². The van der Waals surface area contributed by atoms with Gasteiger partial charge in [0, 0.05) is 12.0 Å². The first-order chi connectivity index (χ1) is 10.7. The quantitative estimate of drug-likeness (QED) is 0.792. The van der Waals surface area contributed by atoms with Crippen LogP contribution >= 0.6 is 11.6 Å². The molecule has 0 radical (unpaired) electrons. The Labute approximate surface area is 135 Å². The average Bonchev–Trinajstić information content (AvgIpc) is 3.37. The Kier molecular flexibility index (Phi) is 4.48. The van der Waals surface area contributed by atoms with Gasteiger partial charge < -0.3 is 10.1 Å². The smallest absolute Gasteiger partial charge is 0.135 e. The number of ether oxygens (including phenoxy) is 1. The molecule has 5 heteroatoms.